The molecule has 1 aromatic rings. The third-order valence-electron chi connectivity index (χ3n) is 2.65. The number of aryl methyl sites for hydroxylation is 2. The molecule has 0 radical (unpaired) electrons. The van der Waals surface area contributed by atoms with E-state index in [0.717, 1.165) is 38.0 Å². The maximum atomic E-state index is 5.88. The molecule has 1 aromatic heterocycles. The topological polar surface area (TPSA) is 29.9 Å². The second-order valence-electron chi connectivity index (χ2n) is 4.20. The molecule has 0 saturated heterocycles. The van der Waals surface area contributed by atoms with Crippen molar-refractivity contribution in [3.8, 4) is 0 Å². The zero-order valence-electron chi connectivity index (χ0n) is 10.5. The van der Waals surface area contributed by atoms with Crippen LogP contribution in [0, 0.1) is 0 Å². The standard InChI is InChI=1S/C12H22ClN3/c1-4-11-8-12(16(3)15-11)9-14-7-5-6-10(2)13/h8,10,14H,4-7,9H2,1-3H3. The molecule has 1 unspecified atom stereocenters. The van der Waals surface area contributed by atoms with Gasteiger partial charge < -0.3 is 5.32 Å². The van der Waals surface area contributed by atoms with Gasteiger partial charge in [-0.1, -0.05) is 6.92 Å². The number of hydrogen-bond donors (Lipinski definition) is 1. The van der Waals surface area contributed by atoms with Crippen LogP contribution in [0.5, 0.6) is 0 Å². The lowest BCUT2D eigenvalue weighted by Gasteiger charge is -2.05. The number of nitrogens with one attached hydrogen (secondary N) is 1. The van der Waals surface area contributed by atoms with Gasteiger partial charge in [0, 0.05) is 19.0 Å². The second-order valence-corrected chi connectivity index (χ2v) is 4.95. The molecule has 0 bridgehead atoms. The average Bonchev–Trinajstić information content (AvgIpc) is 2.59. The highest BCUT2D eigenvalue weighted by molar-refractivity contribution is 6.20. The Hall–Kier alpha value is -0.540. The number of halogens is 1. The molecule has 0 amide bonds. The van der Waals surface area contributed by atoms with Crippen LogP contribution in [0.25, 0.3) is 0 Å². The normalized spacial score (nSPS) is 13.0. The van der Waals surface area contributed by atoms with Gasteiger partial charge in [-0.05, 0) is 38.8 Å². The maximum absolute atomic E-state index is 5.88. The van der Waals surface area contributed by atoms with Gasteiger partial charge in [-0.3, -0.25) is 4.68 Å². The summed E-state index contributed by atoms with van der Waals surface area (Å²) in [5.74, 6) is 0. The van der Waals surface area contributed by atoms with Gasteiger partial charge in [0.1, 0.15) is 0 Å². The minimum atomic E-state index is 0.283. The van der Waals surface area contributed by atoms with E-state index in [-0.39, 0.29) is 5.38 Å². The largest absolute Gasteiger partial charge is 0.311 e. The molecule has 0 aliphatic heterocycles. The first-order valence-corrected chi connectivity index (χ1v) is 6.43. The third-order valence-corrected chi connectivity index (χ3v) is 2.87. The van der Waals surface area contributed by atoms with Crippen molar-refractivity contribution in [1.29, 1.82) is 0 Å². The van der Waals surface area contributed by atoms with Crippen molar-refractivity contribution >= 4 is 11.6 Å². The summed E-state index contributed by atoms with van der Waals surface area (Å²) in [6, 6.07) is 2.16. The summed E-state index contributed by atoms with van der Waals surface area (Å²) in [6.45, 7) is 6.07. The van der Waals surface area contributed by atoms with E-state index in [1.807, 2.05) is 18.7 Å². The molecule has 1 N–H and O–H groups in total. The molecule has 1 heterocycles. The van der Waals surface area contributed by atoms with Crippen molar-refractivity contribution in [3.63, 3.8) is 0 Å². The first-order valence-electron chi connectivity index (χ1n) is 6.00. The molecule has 0 aliphatic rings. The van der Waals surface area contributed by atoms with Crippen molar-refractivity contribution in [2.45, 2.75) is 45.0 Å². The van der Waals surface area contributed by atoms with E-state index in [1.54, 1.807) is 0 Å². The summed E-state index contributed by atoms with van der Waals surface area (Å²) in [7, 11) is 2.00. The molecule has 0 aromatic carbocycles. The van der Waals surface area contributed by atoms with Crippen LogP contribution in [0.4, 0.5) is 0 Å². The van der Waals surface area contributed by atoms with Crippen LogP contribution in [0.2, 0.25) is 0 Å². The van der Waals surface area contributed by atoms with Gasteiger partial charge in [0.2, 0.25) is 0 Å². The van der Waals surface area contributed by atoms with Crippen molar-refractivity contribution in [2.75, 3.05) is 6.54 Å². The molecule has 3 nitrogen and oxygen atoms in total. The van der Waals surface area contributed by atoms with Crippen LogP contribution in [0.1, 0.15) is 38.1 Å². The van der Waals surface area contributed by atoms with Gasteiger partial charge in [0.05, 0.1) is 11.4 Å². The lowest BCUT2D eigenvalue weighted by Crippen LogP contribution is -2.17. The zero-order chi connectivity index (χ0) is 12.0. The van der Waals surface area contributed by atoms with Crippen LogP contribution in [0.3, 0.4) is 0 Å². The average molecular weight is 244 g/mol. The number of aromatic nitrogens is 2. The van der Waals surface area contributed by atoms with E-state index < -0.39 is 0 Å². The fraction of sp³-hybridized carbons (Fsp3) is 0.750. The summed E-state index contributed by atoms with van der Waals surface area (Å²) in [5, 5.41) is 8.11. The SMILES string of the molecule is CCc1cc(CNCCCC(C)Cl)n(C)n1. The third kappa shape index (κ3) is 4.54. The summed E-state index contributed by atoms with van der Waals surface area (Å²) >= 11 is 5.88. The Labute approximate surface area is 103 Å². The summed E-state index contributed by atoms with van der Waals surface area (Å²) < 4.78 is 1.95. The predicted octanol–water partition coefficient (Wildman–Crippen LogP) is 2.48. The molecule has 1 atom stereocenters. The van der Waals surface area contributed by atoms with Gasteiger partial charge in [-0.25, -0.2) is 0 Å². The Morgan fingerprint density at radius 1 is 1.56 bits per heavy atom. The quantitative estimate of drug-likeness (QED) is 0.589. The maximum Gasteiger partial charge on any atom is 0.0625 e. The smallest absolute Gasteiger partial charge is 0.0625 e. The van der Waals surface area contributed by atoms with E-state index in [2.05, 4.69) is 23.4 Å². The molecular weight excluding hydrogens is 222 g/mol. The van der Waals surface area contributed by atoms with E-state index in [9.17, 15) is 0 Å². The molecule has 0 aliphatic carbocycles. The van der Waals surface area contributed by atoms with Gasteiger partial charge in [0.25, 0.3) is 0 Å². The molecule has 16 heavy (non-hydrogen) atoms. The highest BCUT2D eigenvalue weighted by Crippen LogP contribution is 2.05. The molecule has 0 spiro atoms. The van der Waals surface area contributed by atoms with Crippen LogP contribution in [-0.2, 0) is 20.0 Å². The molecular formula is C12H22ClN3. The van der Waals surface area contributed by atoms with Gasteiger partial charge in [0.15, 0.2) is 0 Å². The number of rotatable bonds is 7. The Bertz CT molecular complexity index is 307. The van der Waals surface area contributed by atoms with Crippen LogP contribution in [0.15, 0.2) is 6.07 Å². The highest BCUT2D eigenvalue weighted by Gasteiger charge is 2.02. The summed E-state index contributed by atoms with van der Waals surface area (Å²) in [5.41, 5.74) is 2.41. The van der Waals surface area contributed by atoms with E-state index in [0.29, 0.717) is 0 Å². The zero-order valence-corrected chi connectivity index (χ0v) is 11.2. The number of alkyl halides is 1. The van der Waals surface area contributed by atoms with Gasteiger partial charge in [-0.15, -0.1) is 11.6 Å². The van der Waals surface area contributed by atoms with Crippen molar-refractivity contribution in [3.05, 3.63) is 17.5 Å². The minimum absolute atomic E-state index is 0.283. The van der Waals surface area contributed by atoms with Gasteiger partial charge in [-0.2, -0.15) is 5.10 Å². The van der Waals surface area contributed by atoms with Crippen molar-refractivity contribution in [1.82, 2.24) is 15.1 Å². The monoisotopic (exact) mass is 243 g/mol. The van der Waals surface area contributed by atoms with Crippen molar-refractivity contribution in [2.24, 2.45) is 7.05 Å². The molecule has 4 heteroatoms. The first-order chi connectivity index (χ1) is 7.63. The summed E-state index contributed by atoms with van der Waals surface area (Å²) in [4.78, 5) is 0. The van der Waals surface area contributed by atoms with Crippen LogP contribution < -0.4 is 5.32 Å². The molecule has 1 rings (SSSR count). The molecule has 92 valence electrons. The van der Waals surface area contributed by atoms with E-state index >= 15 is 0 Å². The first kappa shape index (κ1) is 13.5. The Kier molecular flexibility index (Phi) is 5.85. The predicted molar refractivity (Wildman–Crippen MR) is 68.8 cm³/mol. The fourth-order valence-corrected chi connectivity index (χ4v) is 1.79. The lowest BCUT2D eigenvalue weighted by molar-refractivity contribution is 0.589. The van der Waals surface area contributed by atoms with E-state index in [1.165, 1.54) is 5.69 Å². The number of hydrogen-bond acceptors (Lipinski definition) is 2. The van der Waals surface area contributed by atoms with Gasteiger partial charge >= 0.3 is 0 Å². The fourth-order valence-electron chi connectivity index (χ4n) is 1.63. The number of nitrogens with zero attached hydrogens (tertiary/aromatic N) is 2. The Morgan fingerprint density at radius 3 is 2.88 bits per heavy atom. The summed E-state index contributed by atoms with van der Waals surface area (Å²) in [6.07, 6.45) is 3.20. The van der Waals surface area contributed by atoms with Crippen LogP contribution >= 0.6 is 11.6 Å². The highest BCUT2D eigenvalue weighted by atomic mass is 35.5. The minimum Gasteiger partial charge on any atom is -0.311 e. The van der Waals surface area contributed by atoms with Crippen molar-refractivity contribution < 1.29 is 0 Å². The van der Waals surface area contributed by atoms with E-state index in [4.69, 9.17) is 11.6 Å². The second kappa shape index (κ2) is 6.92. The molecule has 0 saturated carbocycles. The lowest BCUT2D eigenvalue weighted by atomic mass is 10.2. The van der Waals surface area contributed by atoms with Crippen LogP contribution in [-0.4, -0.2) is 21.7 Å². The Balaban J connectivity index is 2.23. The molecule has 0 fully saturated rings. The Morgan fingerprint density at radius 2 is 2.31 bits per heavy atom.